The number of hydrogen-bond donors (Lipinski definition) is 2. The van der Waals surface area contributed by atoms with Crippen LogP contribution in [0.25, 0.3) is 11.3 Å². The number of alkyl halides is 3. The molecule has 0 saturated heterocycles. The van der Waals surface area contributed by atoms with Crippen molar-refractivity contribution < 1.29 is 32.0 Å². The predicted octanol–water partition coefficient (Wildman–Crippen LogP) is 3.10. The van der Waals surface area contributed by atoms with Gasteiger partial charge in [0.05, 0.1) is 18.4 Å². The van der Waals surface area contributed by atoms with Gasteiger partial charge in [-0.05, 0) is 42.8 Å². The lowest BCUT2D eigenvalue weighted by Gasteiger charge is -2.17. The molecule has 3 aromatic rings. The fourth-order valence-corrected chi connectivity index (χ4v) is 2.49. The van der Waals surface area contributed by atoms with Crippen LogP contribution in [0.5, 0.6) is 0 Å². The van der Waals surface area contributed by atoms with Gasteiger partial charge in [-0.1, -0.05) is 5.16 Å². The second kappa shape index (κ2) is 7.95. The molecule has 0 radical (unpaired) electrons. The highest BCUT2D eigenvalue weighted by molar-refractivity contribution is 5.95. The van der Waals surface area contributed by atoms with Crippen LogP contribution in [0.1, 0.15) is 33.7 Å². The molecule has 0 aliphatic carbocycles. The first kappa shape index (κ1) is 20.4. The van der Waals surface area contributed by atoms with Gasteiger partial charge in [-0.25, -0.2) is 4.39 Å². The molecule has 11 heteroatoms. The topological polar surface area (TPSA) is 101 Å². The monoisotopic (exact) mass is 410 g/mol. The Bertz CT molecular complexity index is 1020. The summed E-state index contributed by atoms with van der Waals surface area (Å²) in [6.45, 7) is 1.44. The van der Waals surface area contributed by atoms with E-state index in [1.54, 1.807) is 6.92 Å². The number of nitrogens with zero attached hydrogens (tertiary/aromatic N) is 3. The van der Waals surface area contributed by atoms with Crippen LogP contribution in [0.15, 0.2) is 41.1 Å². The van der Waals surface area contributed by atoms with Crippen LogP contribution in [-0.2, 0) is 6.54 Å². The van der Waals surface area contributed by atoms with Crippen molar-refractivity contribution in [2.24, 2.45) is 0 Å². The number of carbonyl (C=O) groups is 1. The number of rotatable bonds is 5. The Hall–Kier alpha value is -3.34. The lowest BCUT2D eigenvalue weighted by molar-refractivity contribution is -0.206. The van der Waals surface area contributed by atoms with Crippen LogP contribution in [0.3, 0.4) is 0 Å². The summed E-state index contributed by atoms with van der Waals surface area (Å²) in [5, 5.41) is 15.6. The summed E-state index contributed by atoms with van der Waals surface area (Å²) < 4.78 is 56.9. The van der Waals surface area contributed by atoms with Crippen molar-refractivity contribution in [1.82, 2.24) is 20.4 Å². The molecular weight excluding hydrogens is 396 g/mol. The van der Waals surface area contributed by atoms with Crippen molar-refractivity contribution >= 4 is 5.91 Å². The van der Waals surface area contributed by atoms with Crippen LogP contribution in [0.4, 0.5) is 17.6 Å². The molecule has 2 heterocycles. The second-order valence-electron chi connectivity index (χ2n) is 6.07. The van der Waals surface area contributed by atoms with Crippen LogP contribution in [0, 0.1) is 12.7 Å². The molecule has 0 fully saturated rings. The van der Waals surface area contributed by atoms with Gasteiger partial charge in [-0.3, -0.25) is 9.78 Å². The molecule has 0 aliphatic heterocycles. The number of pyridine rings is 1. The standard InChI is InChI=1S/C18H14F4N4O3/c1-9-25-15(29-26-9)8-24-17(28)12-5-10(14-3-2-13(19)7-23-14)4-11(6-12)16(27)18(20,21)22/h2-7,16,27H,8H2,1H3,(H,24,28). The van der Waals surface area contributed by atoms with Gasteiger partial charge in [0.2, 0.25) is 5.89 Å². The summed E-state index contributed by atoms with van der Waals surface area (Å²) in [6, 6.07) is 5.56. The maximum absolute atomic E-state index is 13.1. The number of halogens is 4. The average Bonchev–Trinajstić information content (AvgIpc) is 3.10. The molecule has 29 heavy (non-hydrogen) atoms. The smallest absolute Gasteiger partial charge is 0.379 e. The highest BCUT2D eigenvalue weighted by Crippen LogP contribution is 2.34. The van der Waals surface area contributed by atoms with E-state index in [9.17, 15) is 27.5 Å². The number of nitrogens with one attached hydrogen (secondary N) is 1. The van der Waals surface area contributed by atoms with Gasteiger partial charge in [0.15, 0.2) is 11.9 Å². The first-order chi connectivity index (χ1) is 13.6. The summed E-state index contributed by atoms with van der Waals surface area (Å²) in [6.07, 6.45) is -6.86. The third kappa shape index (κ3) is 4.93. The lowest BCUT2D eigenvalue weighted by Crippen LogP contribution is -2.24. The van der Waals surface area contributed by atoms with E-state index >= 15 is 0 Å². The van der Waals surface area contributed by atoms with Crippen LogP contribution < -0.4 is 5.32 Å². The molecule has 7 nitrogen and oxygen atoms in total. The summed E-state index contributed by atoms with van der Waals surface area (Å²) >= 11 is 0. The molecule has 1 atom stereocenters. The van der Waals surface area contributed by atoms with Crippen molar-refractivity contribution in [3.05, 3.63) is 65.2 Å². The minimum Gasteiger partial charge on any atom is -0.379 e. The van der Waals surface area contributed by atoms with E-state index in [1.165, 1.54) is 12.1 Å². The minimum atomic E-state index is -4.94. The van der Waals surface area contributed by atoms with Gasteiger partial charge >= 0.3 is 6.18 Å². The lowest BCUT2D eigenvalue weighted by atomic mass is 9.99. The molecule has 1 unspecified atom stereocenters. The first-order valence-corrected chi connectivity index (χ1v) is 8.22. The molecule has 1 amide bonds. The zero-order valence-corrected chi connectivity index (χ0v) is 14.9. The molecule has 0 aliphatic rings. The largest absolute Gasteiger partial charge is 0.418 e. The molecule has 1 aromatic carbocycles. The van der Waals surface area contributed by atoms with E-state index in [-0.39, 0.29) is 29.3 Å². The fourth-order valence-electron chi connectivity index (χ4n) is 2.49. The number of aryl methyl sites for hydroxylation is 1. The van der Waals surface area contributed by atoms with Gasteiger partial charge in [-0.15, -0.1) is 0 Å². The number of amides is 1. The molecule has 0 spiro atoms. The predicted molar refractivity (Wildman–Crippen MR) is 90.9 cm³/mol. The maximum atomic E-state index is 13.1. The number of hydrogen-bond acceptors (Lipinski definition) is 6. The Kier molecular flexibility index (Phi) is 5.59. The number of aliphatic hydroxyl groups is 1. The van der Waals surface area contributed by atoms with Crippen LogP contribution in [0.2, 0.25) is 0 Å². The molecule has 0 bridgehead atoms. The zero-order chi connectivity index (χ0) is 21.2. The zero-order valence-electron chi connectivity index (χ0n) is 14.9. The van der Waals surface area contributed by atoms with Gasteiger partial charge in [0.25, 0.3) is 5.91 Å². The van der Waals surface area contributed by atoms with Crippen molar-refractivity contribution in [2.75, 3.05) is 0 Å². The third-order valence-corrected chi connectivity index (χ3v) is 3.84. The maximum Gasteiger partial charge on any atom is 0.418 e. The molecule has 0 saturated carbocycles. The number of carbonyl (C=O) groups excluding carboxylic acids is 1. The van der Waals surface area contributed by atoms with E-state index < -0.39 is 29.6 Å². The normalized spacial score (nSPS) is 12.6. The Morgan fingerprint density at radius 1 is 1.28 bits per heavy atom. The third-order valence-electron chi connectivity index (χ3n) is 3.84. The highest BCUT2D eigenvalue weighted by atomic mass is 19.4. The summed E-state index contributed by atoms with van der Waals surface area (Å²) in [4.78, 5) is 20.1. The average molecular weight is 410 g/mol. The van der Waals surface area contributed by atoms with Crippen molar-refractivity contribution in [2.45, 2.75) is 25.7 Å². The van der Waals surface area contributed by atoms with Gasteiger partial charge in [-0.2, -0.15) is 18.2 Å². The Morgan fingerprint density at radius 2 is 2.03 bits per heavy atom. The summed E-state index contributed by atoms with van der Waals surface area (Å²) in [5.41, 5.74) is -0.489. The molecule has 3 rings (SSSR count). The van der Waals surface area contributed by atoms with Crippen molar-refractivity contribution in [3.63, 3.8) is 0 Å². The van der Waals surface area contributed by atoms with Crippen LogP contribution in [-0.4, -0.2) is 32.3 Å². The Balaban J connectivity index is 1.94. The van der Waals surface area contributed by atoms with Gasteiger partial charge in [0, 0.05) is 11.1 Å². The number of benzene rings is 1. The van der Waals surface area contributed by atoms with Crippen LogP contribution >= 0.6 is 0 Å². The Morgan fingerprint density at radius 3 is 2.62 bits per heavy atom. The molecular formula is C18H14F4N4O3. The van der Waals surface area contributed by atoms with E-state index in [0.717, 1.165) is 24.4 Å². The van der Waals surface area contributed by atoms with Gasteiger partial charge in [0.1, 0.15) is 5.82 Å². The minimum absolute atomic E-state index is 0.101. The molecule has 2 aromatic heterocycles. The second-order valence-corrected chi connectivity index (χ2v) is 6.07. The van der Waals surface area contributed by atoms with Gasteiger partial charge < -0.3 is 14.9 Å². The SMILES string of the molecule is Cc1noc(CNC(=O)c2cc(-c3ccc(F)cn3)cc(C(O)C(F)(F)F)c2)n1. The molecule has 152 valence electrons. The van der Waals surface area contributed by atoms with E-state index in [1.807, 2.05) is 0 Å². The van der Waals surface area contributed by atoms with E-state index in [4.69, 9.17) is 4.52 Å². The fraction of sp³-hybridized carbons (Fsp3) is 0.222. The van der Waals surface area contributed by atoms with Crippen molar-refractivity contribution in [1.29, 1.82) is 0 Å². The quantitative estimate of drug-likeness (QED) is 0.627. The Labute approximate surface area is 161 Å². The van der Waals surface area contributed by atoms with E-state index in [2.05, 4.69) is 20.4 Å². The highest BCUT2D eigenvalue weighted by Gasteiger charge is 2.39. The number of aliphatic hydroxyl groups excluding tert-OH is 1. The summed E-state index contributed by atoms with van der Waals surface area (Å²) in [7, 11) is 0. The van der Waals surface area contributed by atoms with Crippen molar-refractivity contribution in [3.8, 4) is 11.3 Å². The number of aromatic nitrogens is 3. The molecule has 2 N–H and O–H groups in total. The first-order valence-electron chi connectivity index (χ1n) is 8.22. The summed E-state index contributed by atoms with van der Waals surface area (Å²) in [5.74, 6) is -0.898. The van der Waals surface area contributed by atoms with E-state index in [0.29, 0.717) is 5.82 Å².